The minimum atomic E-state index is -0.466. The summed E-state index contributed by atoms with van der Waals surface area (Å²) in [5, 5.41) is 0. The van der Waals surface area contributed by atoms with Crippen molar-refractivity contribution in [3.63, 3.8) is 0 Å². The second-order valence-electron chi connectivity index (χ2n) is 3.91. The van der Waals surface area contributed by atoms with Gasteiger partial charge in [0, 0.05) is 13.0 Å². The van der Waals surface area contributed by atoms with E-state index in [0.29, 0.717) is 13.0 Å². The fourth-order valence-corrected chi connectivity index (χ4v) is 1.48. The lowest BCUT2D eigenvalue weighted by molar-refractivity contribution is -0.140. The molecule has 1 aliphatic rings. The van der Waals surface area contributed by atoms with Crippen molar-refractivity contribution in [3.05, 3.63) is 0 Å². The van der Waals surface area contributed by atoms with Gasteiger partial charge >= 0.3 is 0 Å². The zero-order valence-electron chi connectivity index (χ0n) is 7.89. The maximum Gasteiger partial charge on any atom is 0.235 e. The van der Waals surface area contributed by atoms with Crippen LogP contribution in [0.1, 0.15) is 33.6 Å². The normalized spacial score (nSPS) is 22.1. The Kier molecular flexibility index (Phi) is 2.22. The lowest BCUT2D eigenvalue weighted by atomic mass is 9.92. The first kappa shape index (κ1) is 9.23. The largest absolute Gasteiger partial charge is 0.282 e. The number of nitrogens with zero attached hydrogens (tertiary/aromatic N) is 1. The van der Waals surface area contributed by atoms with Crippen LogP contribution >= 0.6 is 0 Å². The van der Waals surface area contributed by atoms with Crippen LogP contribution in [0.3, 0.4) is 0 Å². The van der Waals surface area contributed by atoms with Crippen LogP contribution in [0.15, 0.2) is 0 Å². The lowest BCUT2D eigenvalue weighted by Gasteiger charge is -2.16. The number of rotatable bonds is 2. The number of hydrogen-bond acceptors (Lipinski definition) is 2. The minimum absolute atomic E-state index is 0.0191. The quantitative estimate of drug-likeness (QED) is 0.582. The highest BCUT2D eigenvalue weighted by atomic mass is 16.2. The maximum absolute atomic E-state index is 11.5. The Bertz CT molecular complexity index is 221. The van der Waals surface area contributed by atoms with E-state index in [0.717, 1.165) is 6.42 Å². The van der Waals surface area contributed by atoms with Crippen LogP contribution in [0.4, 0.5) is 0 Å². The summed E-state index contributed by atoms with van der Waals surface area (Å²) < 4.78 is 0. The van der Waals surface area contributed by atoms with Crippen molar-refractivity contribution >= 4 is 11.8 Å². The zero-order valence-corrected chi connectivity index (χ0v) is 7.89. The van der Waals surface area contributed by atoms with Crippen LogP contribution in [-0.2, 0) is 9.59 Å². The Morgan fingerprint density at radius 2 is 2.00 bits per heavy atom. The van der Waals surface area contributed by atoms with E-state index in [1.54, 1.807) is 0 Å². The Balaban J connectivity index is 2.78. The van der Waals surface area contributed by atoms with E-state index in [1.807, 2.05) is 20.8 Å². The average molecular weight is 169 g/mol. The van der Waals surface area contributed by atoms with Gasteiger partial charge in [0.05, 0.1) is 5.41 Å². The Morgan fingerprint density at radius 1 is 1.42 bits per heavy atom. The van der Waals surface area contributed by atoms with Gasteiger partial charge in [-0.1, -0.05) is 20.8 Å². The molecule has 0 N–H and O–H groups in total. The zero-order chi connectivity index (χ0) is 9.35. The number of likely N-dealkylation sites (tertiary alicyclic amines) is 1. The highest BCUT2D eigenvalue weighted by Crippen LogP contribution is 2.31. The molecule has 12 heavy (non-hydrogen) atoms. The Morgan fingerprint density at radius 3 is 2.33 bits per heavy atom. The fraction of sp³-hybridized carbons (Fsp3) is 0.778. The van der Waals surface area contributed by atoms with E-state index in [9.17, 15) is 9.59 Å². The van der Waals surface area contributed by atoms with Crippen LogP contribution in [-0.4, -0.2) is 23.3 Å². The Labute approximate surface area is 72.7 Å². The summed E-state index contributed by atoms with van der Waals surface area (Å²) in [6, 6.07) is 0. The van der Waals surface area contributed by atoms with Crippen LogP contribution in [0, 0.1) is 5.41 Å². The van der Waals surface area contributed by atoms with Gasteiger partial charge in [-0.15, -0.1) is 0 Å². The van der Waals surface area contributed by atoms with Gasteiger partial charge in [-0.3, -0.25) is 14.5 Å². The molecule has 68 valence electrons. The van der Waals surface area contributed by atoms with Crippen molar-refractivity contribution in [2.75, 3.05) is 6.54 Å². The van der Waals surface area contributed by atoms with E-state index < -0.39 is 5.41 Å². The monoisotopic (exact) mass is 169 g/mol. The van der Waals surface area contributed by atoms with Crippen molar-refractivity contribution in [2.24, 2.45) is 5.41 Å². The molecule has 1 aliphatic heterocycles. The molecule has 1 rings (SSSR count). The lowest BCUT2D eigenvalue weighted by Crippen LogP contribution is -2.33. The second kappa shape index (κ2) is 2.88. The van der Waals surface area contributed by atoms with Gasteiger partial charge in [0.15, 0.2) is 0 Å². The molecule has 0 unspecified atom stereocenters. The van der Waals surface area contributed by atoms with Gasteiger partial charge in [-0.25, -0.2) is 0 Å². The summed E-state index contributed by atoms with van der Waals surface area (Å²) in [6.45, 7) is 6.18. The summed E-state index contributed by atoms with van der Waals surface area (Å²) in [6.07, 6.45) is 1.21. The summed E-state index contributed by atoms with van der Waals surface area (Å²) in [4.78, 5) is 24.2. The van der Waals surface area contributed by atoms with E-state index in [4.69, 9.17) is 0 Å². The molecule has 1 saturated heterocycles. The number of hydrogen-bond donors (Lipinski definition) is 0. The standard InChI is InChI=1S/C9H15NO2/c1-4-5-10-7(11)6-9(2,3)8(10)12/h4-6H2,1-3H3. The van der Waals surface area contributed by atoms with Crippen LogP contribution in [0.5, 0.6) is 0 Å². The molecule has 0 radical (unpaired) electrons. The molecule has 1 fully saturated rings. The maximum atomic E-state index is 11.5. The molecule has 0 atom stereocenters. The molecule has 0 spiro atoms. The third-order valence-corrected chi connectivity index (χ3v) is 2.17. The third-order valence-electron chi connectivity index (χ3n) is 2.17. The smallest absolute Gasteiger partial charge is 0.235 e. The van der Waals surface area contributed by atoms with E-state index in [-0.39, 0.29) is 11.8 Å². The highest BCUT2D eigenvalue weighted by Gasteiger charge is 2.43. The van der Waals surface area contributed by atoms with E-state index in [2.05, 4.69) is 0 Å². The molecule has 0 saturated carbocycles. The fourth-order valence-electron chi connectivity index (χ4n) is 1.48. The molecule has 3 nitrogen and oxygen atoms in total. The molecule has 0 aromatic rings. The molecule has 0 aromatic carbocycles. The van der Waals surface area contributed by atoms with Gasteiger partial charge in [0.1, 0.15) is 0 Å². The number of imide groups is 1. The molecule has 0 bridgehead atoms. The first-order valence-corrected chi connectivity index (χ1v) is 4.34. The molecular weight excluding hydrogens is 154 g/mol. The summed E-state index contributed by atoms with van der Waals surface area (Å²) in [5.41, 5.74) is -0.466. The molecular formula is C9H15NO2. The van der Waals surface area contributed by atoms with Gasteiger partial charge in [0.25, 0.3) is 0 Å². The summed E-state index contributed by atoms with van der Waals surface area (Å²) in [5.74, 6) is -0.0406. The molecule has 0 aromatic heterocycles. The van der Waals surface area contributed by atoms with Crippen molar-refractivity contribution < 1.29 is 9.59 Å². The topological polar surface area (TPSA) is 37.4 Å². The predicted octanol–water partition coefficient (Wildman–Crippen LogP) is 1.18. The SMILES string of the molecule is CCCN1C(=O)CC(C)(C)C1=O. The molecule has 1 heterocycles. The summed E-state index contributed by atoms with van der Waals surface area (Å²) >= 11 is 0. The number of amides is 2. The van der Waals surface area contributed by atoms with Crippen molar-refractivity contribution in [1.29, 1.82) is 0 Å². The first-order chi connectivity index (χ1) is 5.49. The van der Waals surface area contributed by atoms with Gasteiger partial charge < -0.3 is 0 Å². The average Bonchev–Trinajstić information content (AvgIpc) is 2.13. The van der Waals surface area contributed by atoms with E-state index in [1.165, 1.54) is 4.90 Å². The third kappa shape index (κ3) is 1.36. The first-order valence-electron chi connectivity index (χ1n) is 4.34. The van der Waals surface area contributed by atoms with Gasteiger partial charge in [0.2, 0.25) is 11.8 Å². The van der Waals surface area contributed by atoms with Gasteiger partial charge in [-0.2, -0.15) is 0 Å². The van der Waals surface area contributed by atoms with Crippen LogP contribution < -0.4 is 0 Å². The highest BCUT2D eigenvalue weighted by molar-refractivity contribution is 6.05. The Hall–Kier alpha value is -0.860. The van der Waals surface area contributed by atoms with E-state index >= 15 is 0 Å². The number of carbonyl (C=O) groups is 2. The van der Waals surface area contributed by atoms with Crippen molar-refractivity contribution in [3.8, 4) is 0 Å². The van der Waals surface area contributed by atoms with Crippen molar-refractivity contribution in [1.82, 2.24) is 4.90 Å². The number of carbonyl (C=O) groups excluding carboxylic acids is 2. The predicted molar refractivity (Wildman–Crippen MR) is 45.4 cm³/mol. The van der Waals surface area contributed by atoms with Gasteiger partial charge in [-0.05, 0) is 6.42 Å². The molecule has 0 aliphatic carbocycles. The van der Waals surface area contributed by atoms with Crippen molar-refractivity contribution in [2.45, 2.75) is 33.6 Å². The van der Waals surface area contributed by atoms with Crippen LogP contribution in [0.2, 0.25) is 0 Å². The second-order valence-corrected chi connectivity index (χ2v) is 3.91. The molecule has 2 amide bonds. The molecule has 3 heteroatoms. The summed E-state index contributed by atoms with van der Waals surface area (Å²) in [7, 11) is 0. The minimum Gasteiger partial charge on any atom is -0.282 e. The van der Waals surface area contributed by atoms with Crippen LogP contribution in [0.25, 0.3) is 0 Å².